The minimum absolute atomic E-state index is 0. The van der Waals surface area contributed by atoms with Crippen molar-refractivity contribution in [1.82, 2.24) is 0 Å². The van der Waals surface area contributed by atoms with Crippen LogP contribution < -0.4 is 0 Å². The molecule has 0 aliphatic carbocycles. The first kappa shape index (κ1) is 10.7. The normalized spacial score (nSPS) is 9.57. The van der Waals surface area contributed by atoms with Crippen LogP contribution in [0.15, 0.2) is 0 Å². The average Bonchev–Trinajstić information content (AvgIpc) is 1.35. The van der Waals surface area contributed by atoms with E-state index in [2.05, 4.69) is 0 Å². The van der Waals surface area contributed by atoms with E-state index in [1.165, 1.54) is 0 Å². The first-order valence-corrected chi connectivity index (χ1v) is 1.09. The molecule has 0 aliphatic rings. The van der Waals surface area contributed by atoms with Crippen LogP contribution in [0.5, 0.6) is 0 Å². The summed E-state index contributed by atoms with van der Waals surface area (Å²) in [6, 6.07) is 0. The van der Waals surface area contributed by atoms with E-state index in [9.17, 15) is 13.2 Å². The van der Waals surface area contributed by atoms with Gasteiger partial charge in [0.15, 0.2) is 0 Å². The third kappa shape index (κ3) is 10.8. The maximum atomic E-state index is 10.4. The van der Waals surface area contributed by atoms with Crippen LogP contribution in [0.3, 0.4) is 0 Å². The molecule has 40 valence electrons. The molecule has 0 saturated carbocycles. The monoisotopic (exact) mass is 330 g/mol. The maximum absolute atomic E-state index is 10.4. The van der Waals surface area contributed by atoms with E-state index in [0.717, 1.165) is 0 Å². The Morgan fingerprint density at radius 2 is 1.43 bits per heavy atom. The second-order valence-corrected chi connectivity index (χ2v) is 0.659. The van der Waals surface area contributed by atoms with Crippen molar-refractivity contribution < 1.29 is 57.9 Å². The van der Waals surface area contributed by atoms with Crippen molar-refractivity contribution in [3.8, 4) is 0 Å². The summed E-state index contributed by atoms with van der Waals surface area (Å²) in [4.78, 5) is 8.70. The van der Waals surface area contributed by atoms with Gasteiger partial charge in [0, 0.05) is 39.9 Å². The second kappa shape index (κ2) is 3.75. The third-order valence-corrected chi connectivity index (χ3v) is 0.134. The van der Waals surface area contributed by atoms with Crippen molar-refractivity contribution in [2.75, 3.05) is 0 Å². The number of carbonyl (C=O) groups excluding carboxylic acids is 1. The van der Waals surface area contributed by atoms with Crippen LogP contribution in [0.25, 0.3) is 0 Å². The fourth-order valence-corrected chi connectivity index (χ4v) is 0. The predicted molar refractivity (Wildman–Crippen MR) is 12.1 cm³/mol. The van der Waals surface area contributed by atoms with Crippen molar-refractivity contribution in [3.63, 3.8) is 0 Å². The molecule has 0 aliphatic heterocycles. The molecule has 0 heterocycles. The summed E-state index contributed by atoms with van der Waals surface area (Å²) in [6.45, 7) is 0. The Morgan fingerprint density at radius 3 is 1.43 bits per heavy atom. The summed E-state index contributed by atoms with van der Waals surface area (Å²) >= 11 is 0. The van der Waals surface area contributed by atoms with Crippen molar-refractivity contribution in [2.24, 2.45) is 0 Å². The van der Waals surface area contributed by atoms with Gasteiger partial charge in [0.1, 0.15) is 0 Å². The number of hydrogen-bond donors (Lipinski definition) is 0. The summed E-state index contributed by atoms with van der Waals surface area (Å²) in [5, 5.41) is 0. The van der Waals surface area contributed by atoms with Gasteiger partial charge in [0.05, 0.1) is 0 Å². The fourth-order valence-electron chi connectivity index (χ4n) is 0. The van der Waals surface area contributed by atoms with E-state index in [1.807, 2.05) is 0 Å². The number of rotatable bonds is 0. The maximum Gasteiger partial charge on any atom is 0.446 e. The zero-order chi connectivity index (χ0) is 5.21. The standard InChI is InChI=1S/C2HF3O.Th/c3-2(4,5)1-6;/h1H;. The van der Waals surface area contributed by atoms with Crippen LogP contribution in [0, 0.1) is 39.9 Å². The molecule has 0 amide bonds. The Balaban J connectivity index is 0. The molecule has 0 aromatic rings. The fraction of sp³-hybridized carbons (Fsp3) is 0.500. The van der Waals surface area contributed by atoms with Gasteiger partial charge in [-0.05, 0) is 0 Å². The van der Waals surface area contributed by atoms with Crippen molar-refractivity contribution in [3.05, 3.63) is 0 Å². The van der Waals surface area contributed by atoms with Gasteiger partial charge in [-0.3, -0.25) is 4.79 Å². The minimum atomic E-state index is -4.64. The Hall–Kier alpha value is 0.785. The molecule has 0 rings (SSSR count). The molecule has 0 fully saturated rings. The minimum Gasteiger partial charge on any atom is -0.293 e. The molecule has 0 saturated heterocycles. The van der Waals surface area contributed by atoms with E-state index in [0.29, 0.717) is 0 Å². The Bertz CT molecular complexity index is 58.4. The summed E-state index contributed by atoms with van der Waals surface area (Å²) in [7, 11) is 0. The van der Waals surface area contributed by atoms with E-state index in [1.54, 1.807) is 0 Å². The zero-order valence-electron chi connectivity index (χ0n) is 3.12. The Morgan fingerprint density at radius 1 is 1.29 bits per heavy atom. The van der Waals surface area contributed by atoms with Gasteiger partial charge in [0.2, 0.25) is 6.29 Å². The SMILES string of the molecule is O=CC(F)(F)F.[Th]. The molecular formula is C2HF3OTh. The van der Waals surface area contributed by atoms with Gasteiger partial charge in [-0.15, -0.1) is 0 Å². The number of hydrogen-bond acceptors (Lipinski definition) is 1. The quantitative estimate of drug-likeness (QED) is 0.599. The largest absolute Gasteiger partial charge is 0.446 e. The number of alkyl halides is 3. The molecule has 0 atom stereocenters. The molecule has 0 spiro atoms. The second-order valence-electron chi connectivity index (χ2n) is 0.659. The molecule has 5 heteroatoms. The molecule has 0 bridgehead atoms. The van der Waals surface area contributed by atoms with Gasteiger partial charge in [-0.25, -0.2) is 0 Å². The molecule has 0 N–H and O–H groups in total. The molecule has 7 heavy (non-hydrogen) atoms. The first-order valence-electron chi connectivity index (χ1n) is 1.09. The molecule has 0 aromatic carbocycles. The molecule has 0 unspecified atom stereocenters. The molecular weight excluding hydrogens is 329 g/mol. The van der Waals surface area contributed by atoms with Crippen molar-refractivity contribution >= 4 is 6.29 Å². The van der Waals surface area contributed by atoms with Gasteiger partial charge >= 0.3 is 6.18 Å². The van der Waals surface area contributed by atoms with E-state index in [-0.39, 0.29) is 39.9 Å². The van der Waals surface area contributed by atoms with E-state index >= 15 is 0 Å². The van der Waals surface area contributed by atoms with Crippen LogP contribution in [0.2, 0.25) is 0 Å². The van der Waals surface area contributed by atoms with Crippen LogP contribution in [-0.2, 0) is 4.79 Å². The Labute approximate surface area is 69.9 Å². The smallest absolute Gasteiger partial charge is 0.293 e. The zero-order valence-corrected chi connectivity index (χ0v) is 7.23. The van der Waals surface area contributed by atoms with Gasteiger partial charge in [0.25, 0.3) is 0 Å². The summed E-state index contributed by atoms with van der Waals surface area (Å²) < 4.78 is 31.2. The van der Waals surface area contributed by atoms with Crippen LogP contribution in [0.4, 0.5) is 13.2 Å². The van der Waals surface area contributed by atoms with Crippen LogP contribution in [0.1, 0.15) is 0 Å². The molecule has 0 aromatic heterocycles. The number of halogens is 3. The van der Waals surface area contributed by atoms with Gasteiger partial charge < -0.3 is 0 Å². The first-order chi connectivity index (χ1) is 2.56. The van der Waals surface area contributed by atoms with Gasteiger partial charge in [-0.2, -0.15) is 13.2 Å². The predicted octanol–water partition coefficient (Wildman–Crippen LogP) is 0.748. The van der Waals surface area contributed by atoms with Crippen molar-refractivity contribution in [2.45, 2.75) is 6.18 Å². The Kier molecular flexibility index (Phi) is 5.73. The summed E-state index contributed by atoms with van der Waals surface area (Å²) in [6.07, 6.45) is -5.70. The summed E-state index contributed by atoms with van der Waals surface area (Å²) in [5.41, 5.74) is 0. The van der Waals surface area contributed by atoms with E-state index < -0.39 is 12.5 Å². The summed E-state index contributed by atoms with van der Waals surface area (Å²) in [5.74, 6) is 0. The van der Waals surface area contributed by atoms with E-state index in [4.69, 9.17) is 4.79 Å². The number of carbonyl (C=O) groups is 1. The van der Waals surface area contributed by atoms with Crippen molar-refractivity contribution in [1.29, 1.82) is 0 Å². The van der Waals surface area contributed by atoms with Crippen LogP contribution >= 0.6 is 0 Å². The average molecular weight is 330 g/mol. The topological polar surface area (TPSA) is 17.1 Å². The molecule has 0 radical (unpaired) electrons. The molecule has 1 nitrogen and oxygen atoms in total. The number of aldehydes is 1. The van der Waals surface area contributed by atoms with Crippen LogP contribution in [-0.4, -0.2) is 12.5 Å². The van der Waals surface area contributed by atoms with Gasteiger partial charge in [-0.1, -0.05) is 0 Å². The third-order valence-electron chi connectivity index (χ3n) is 0.134.